The van der Waals surface area contributed by atoms with Crippen LogP contribution in [0.25, 0.3) is 10.6 Å². The topological polar surface area (TPSA) is 115 Å². The highest BCUT2D eigenvalue weighted by Crippen LogP contribution is 2.35. The fourth-order valence-corrected chi connectivity index (χ4v) is 5.12. The van der Waals surface area contributed by atoms with Crippen LogP contribution in [0.3, 0.4) is 0 Å². The van der Waals surface area contributed by atoms with Crippen molar-refractivity contribution >= 4 is 40.0 Å². The minimum atomic E-state index is -4.60. The molecule has 3 N–H and O–H groups in total. The second-order valence-electron chi connectivity index (χ2n) is 8.96. The molecule has 0 unspecified atom stereocenters. The normalized spacial score (nSPS) is 14.3. The number of rotatable bonds is 7. The predicted octanol–water partition coefficient (Wildman–Crippen LogP) is 4.67. The van der Waals surface area contributed by atoms with Crippen LogP contribution in [0.1, 0.15) is 30.7 Å². The maximum absolute atomic E-state index is 13.9. The maximum Gasteiger partial charge on any atom is 0.416 e. The van der Waals surface area contributed by atoms with Gasteiger partial charge in [0.1, 0.15) is 0 Å². The first-order valence-electron chi connectivity index (χ1n) is 12.3. The molecule has 0 spiro atoms. The number of carbonyl (C=O) groups is 2. The second-order valence-corrected chi connectivity index (χ2v) is 9.96. The van der Waals surface area contributed by atoms with Gasteiger partial charge in [0, 0.05) is 58.1 Å². The first kappa shape index (κ1) is 28.2. The molecular weight excluding hydrogens is 533 g/mol. The highest BCUT2D eigenvalue weighted by Gasteiger charge is 2.34. The van der Waals surface area contributed by atoms with E-state index in [2.05, 4.69) is 30.9 Å². The fourth-order valence-electron chi connectivity index (χ4n) is 4.19. The third kappa shape index (κ3) is 7.20. The summed E-state index contributed by atoms with van der Waals surface area (Å²) < 4.78 is 41.7. The SMILES string of the molecule is CCNc1nccc(-c2sc(NC(=O)Nc3ccc(CN4CCN(C(C)=O)CC4)c(C(F)(F)F)c3)nc2C)n1. The molecular formula is C25H29F3N8O2S. The number of nitrogens with one attached hydrogen (secondary N) is 3. The summed E-state index contributed by atoms with van der Waals surface area (Å²) in [5, 5.41) is 8.37. The molecule has 39 heavy (non-hydrogen) atoms. The molecule has 1 aliphatic heterocycles. The number of thiazole rings is 1. The largest absolute Gasteiger partial charge is 0.416 e. The number of amides is 3. The lowest BCUT2D eigenvalue weighted by Crippen LogP contribution is -2.47. The molecule has 4 rings (SSSR count). The van der Waals surface area contributed by atoms with E-state index in [1.165, 1.54) is 30.4 Å². The molecule has 3 amide bonds. The van der Waals surface area contributed by atoms with Crippen LogP contribution in [0, 0.1) is 6.92 Å². The number of aromatic nitrogens is 3. The number of halogens is 3. The van der Waals surface area contributed by atoms with Crippen LogP contribution < -0.4 is 16.0 Å². The van der Waals surface area contributed by atoms with E-state index in [1.54, 1.807) is 24.1 Å². The van der Waals surface area contributed by atoms with Gasteiger partial charge in [-0.3, -0.25) is 15.0 Å². The molecule has 1 aromatic carbocycles. The molecule has 1 saturated heterocycles. The fraction of sp³-hybridized carbons (Fsp3) is 0.400. The van der Waals surface area contributed by atoms with Crippen molar-refractivity contribution in [1.29, 1.82) is 0 Å². The number of anilines is 3. The minimum Gasteiger partial charge on any atom is -0.354 e. The van der Waals surface area contributed by atoms with E-state index in [0.717, 1.165) is 10.9 Å². The molecule has 3 heterocycles. The van der Waals surface area contributed by atoms with Gasteiger partial charge in [-0.05, 0) is 37.6 Å². The summed E-state index contributed by atoms with van der Waals surface area (Å²) in [7, 11) is 0. The van der Waals surface area contributed by atoms with Gasteiger partial charge in [-0.1, -0.05) is 17.4 Å². The summed E-state index contributed by atoms with van der Waals surface area (Å²) in [6, 6.07) is 4.76. The zero-order valence-corrected chi connectivity index (χ0v) is 22.5. The minimum absolute atomic E-state index is 0.00422. The number of aryl methyl sites for hydroxylation is 1. The number of carbonyl (C=O) groups excluding carboxylic acids is 2. The maximum atomic E-state index is 13.9. The molecule has 1 aliphatic rings. The van der Waals surface area contributed by atoms with Gasteiger partial charge in [-0.25, -0.2) is 19.7 Å². The van der Waals surface area contributed by atoms with Crippen molar-refractivity contribution in [3.63, 3.8) is 0 Å². The lowest BCUT2D eigenvalue weighted by atomic mass is 10.0. The number of urea groups is 1. The average Bonchev–Trinajstić information content (AvgIpc) is 3.24. The number of alkyl halides is 3. The van der Waals surface area contributed by atoms with Crippen molar-refractivity contribution in [2.75, 3.05) is 48.7 Å². The van der Waals surface area contributed by atoms with Crippen LogP contribution in [0.5, 0.6) is 0 Å². The number of piperazine rings is 1. The number of benzene rings is 1. The zero-order chi connectivity index (χ0) is 28.2. The summed E-state index contributed by atoms with van der Waals surface area (Å²) in [5.74, 6) is 0.424. The van der Waals surface area contributed by atoms with E-state index in [0.29, 0.717) is 50.1 Å². The zero-order valence-electron chi connectivity index (χ0n) is 21.7. The van der Waals surface area contributed by atoms with Gasteiger partial charge < -0.3 is 15.5 Å². The van der Waals surface area contributed by atoms with Gasteiger partial charge >= 0.3 is 12.2 Å². The van der Waals surface area contributed by atoms with Crippen LogP contribution in [0.15, 0.2) is 30.5 Å². The summed E-state index contributed by atoms with van der Waals surface area (Å²) in [6.07, 6.45) is -2.98. The van der Waals surface area contributed by atoms with E-state index >= 15 is 0 Å². The lowest BCUT2D eigenvalue weighted by molar-refractivity contribution is -0.138. The first-order valence-corrected chi connectivity index (χ1v) is 13.2. The molecule has 14 heteroatoms. The summed E-state index contributed by atoms with van der Waals surface area (Å²) in [6.45, 7) is 7.86. The quantitative estimate of drug-likeness (QED) is 0.383. The highest BCUT2D eigenvalue weighted by molar-refractivity contribution is 7.19. The van der Waals surface area contributed by atoms with E-state index in [9.17, 15) is 22.8 Å². The molecule has 1 fully saturated rings. The van der Waals surface area contributed by atoms with Crippen molar-refractivity contribution in [2.45, 2.75) is 33.5 Å². The van der Waals surface area contributed by atoms with Crippen LogP contribution in [-0.2, 0) is 17.5 Å². The summed E-state index contributed by atoms with van der Waals surface area (Å²) in [4.78, 5) is 41.4. The van der Waals surface area contributed by atoms with Crippen LogP contribution >= 0.6 is 11.3 Å². The summed E-state index contributed by atoms with van der Waals surface area (Å²) >= 11 is 1.20. The molecule has 0 radical (unpaired) electrons. The Balaban J connectivity index is 1.43. The molecule has 0 bridgehead atoms. The Kier molecular flexibility index (Phi) is 8.65. The van der Waals surface area contributed by atoms with Crippen LogP contribution in [-0.4, -0.2) is 69.4 Å². The smallest absolute Gasteiger partial charge is 0.354 e. The van der Waals surface area contributed by atoms with Crippen molar-refractivity contribution in [3.05, 3.63) is 47.3 Å². The van der Waals surface area contributed by atoms with E-state index < -0.39 is 17.8 Å². The Morgan fingerprint density at radius 1 is 1.08 bits per heavy atom. The molecule has 2 aromatic heterocycles. The molecule has 0 aliphatic carbocycles. The Morgan fingerprint density at radius 2 is 1.82 bits per heavy atom. The number of hydrogen-bond acceptors (Lipinski definition) is 8. The van der Waals surface area contributed by atoms with Gasteiger partial charge in [0.25, 0.3) is 0 Å². The van der Waals surface area contributed by atoms with E-state index in [4.69, 9.17) is 0 Å². The van der Waals surface area contributed by atoms with Crippen molar-refractivity contribution < 1.29 is 22.8 Å². The predicted molar refractivity (Wildman–Crippen MR) is 144 cm³/mol. The van der Waals surface area contributed by atoms with Crippen LogP contribution in [0.4, 0.5) is 34.7 Å². The third-order valence-electron chi connectivity index (χ3n) is 6.12. The third-order valence-corrected chi connectivity index (χ3v) is 7.22. The van der Waals surface area contributed by atoms with Gasteiger partial charge in [0.2, 0.25) is 11.9 Å². The van der Waals surface area contributed by atoms with Crippen molar-refractivity contribution in [1.82, 2.24) is 24.8 Å². The van der Waals surface area contributed by atoms with Crippen LogP contribution in [0.2, 0.25) is 0 Å². The summed E-state index contributed by atoms with van der Waals surface area (Å²) in [5.41, 5.74) is 0.569. The average molecular weight is 563 g/mol. The van der Waals surface area contributed by atoms with E-state index in [-0.39, 0.29) is 28.8 Å². The molecule has 208 valence electrons. The second kappa shape index (κ2) is 11.9. The van der Waals surface area contributed by atoms with Crippen molar-refractivity contribution in [3.8, 4) is 10.6 Å². The van der Waals surface area contributed by atoms with Gasteiger partial charge in [-0.15, -0.1) is 0 Å². The van der Waals surface area contributed by atoms with Gasteiger partial charge in [0.05, 0.1) is 21.8 Å². The Bertz CT molecular complexity index is 1340. The monoisotopic (exact) mass is 562 g/mol. The molecule has 10 nitrogen and oxygen atoms in total. The first-order chi connectivity index (χ1) is 18.5. The van der Waals surface area contributed by atoms with Gasteiger partial charge in [0.15, 0.2) is 5.13 Å². The highest BCUT2D eigenvalue weighted by atomic mass is 32.1. The molecule has 3 aromatic rings. The Labute approximate surface area is 227 Å². The van der Waals surface area contributed by atoms with Crippen molar-refractivity contribution in [2.24, 2.45) is 0 Å². The number of hydrogen-bond donors (Lipinski definition) is 3. The molecule has 0 saturated carbocycles. The van der Waals surface area contributed by atoms with E-state index in [1.807, 2.05) is 11.8 Å². The Hall–Kier alpha value is -3.78. The van der Waals surface area contributed by atoms with Gasteiger partial charge in [-0.2, -0.15) is 13.2 Å². The molecule has 0 atom stereocenters. The Morgan fingerprint density at radius 3 is 2.49 bits per heavy atom. The lowest BCUT2D eigenvalue weighted by Gasteiger charge is -2.34. The number of nitrogens with zero attached hydrogens (tertiary/aromatic N) is 5. The standard InChI is InChI=1S/C25H29F3N8O2S/c1-4-29-22-30-8-7-20(33-22)21-15(2)31-24(39-21)34-23(38)32-18-6-5-17(19(13-18)25(26,27)28)14-35-9-11-36(12-10-35)16(3)37/h5-8,13H,4,9-12,14H2,1-3H3,(H,29,30,33)(H2,31,32,34,38).